The largest absolute Gasteiger partial charge is 0.456 e. The molecule has 1 aromatic heterocycles. The summed E-state index contributed by atoms with van der Waals surface area (Å²) in [4.78, 5) is 2.09. The fourth-order valence-electron chi connectivity index (χ4n) is 3.12. The van der Waals surface area contributed by atoms with Crippen LogP contribution >= 0.6 is 11.6 Å². The molecule has 0 N–H and O–H groups in total. The zero-order chi connectivity index (χ0) is 18.8. The van der Waals surface area contributed by atoms with Gasteiger partial charge in [0, 0.05) is 35.6 Å². The Hall–Kier alpha value is -2.97. The van der Waals surface area contributed by atoms with E-state index in [4.69, 9.17) is 16.0 Å². The van der Waals surface area contributed by atoms with Gasteiger partial charge in [0.05, 0.1) is 0 Å². The quantitative estimate of drug-likeness (QED) is 0.512. The van der Waals surface area contributed by atoms with E-state index in [1.807, 2.05) is 56.6 Å². The zero-order valence-electron chi connectivity index (χ0n) is 15.3. The van der Waals surface area contributed by atoms with Crippen LogP contribution in [-0.2, 0) is 0 Å². The molecule has 0 aliphatic rings. The Labute approximate surface area is 163 Å². The average Bonchev–Trinajstić information content (AvgIpc) is 3.00. The van der Waals surface area contributed by atoms with Crippen LogP contribution < -0.4 is 15.7 Å². The number of hydrogen-bond donors (Lipinski definition) is 0. The summed E-state index contributed by atoms with van der Waals surface area (Å²) in [6.45, 7) is 0. The second-order valence-corrected chi connectivity index (χ2v) is 7.14. The van der Waals surface area contributed by atoms with Gasteiger partial charge in [-0.2, -0.15) is 0 Å². The SMILES string of the molecule is CN(C)c1ccc(/C=c2\o/c(=C\c3cccc(Cl)c3)c3ccccc23)cc1. The third-order valence-corrected chi connectivity index (χ3v) is 4.77. The van der Waals surface area contributed by atoms with Crippen LogP contribution in [0.25, 0.3) is 22.9 Å². The molecule has 0 amide bonds. The summed E-state index contributed by atoms with van der Waals surface area (Å²) < 4.78 is 6.23. The van der Waals surface area contributed by atoms with Gasteiger partial charge in [0.15, 0.2) is 0 Å². The first-order chi connectivity index (χ1) is 13.1. The van der Waals surface area contributed by atoms with Crippen LogP contribution in [0, 0.1) is 0 Å². The molecule has 3 aromatic carbocycles. The van der Waals surface area contributed by atoms with Crippen LogP contribution in [0.3, 0.4) is 0 Å². The monoisotopic (exact) mass is 373 g/mol. The molecule has 0 saturated carbocycles. The van der Waals surface area contributed by atoms with Gasteiger partial charge in [-0.15, -0.1) is 0 Å². The van der Waals surface area contributed by atoms with Gasteiger partial charge in [-0.25, -0.2) is 0 Å². The number of furan rings is 1. The highest BCUT2D eigenvalue weighted by atomic mass is 35.5. The summed E-state index contributed by atoms with van der Waals surface area (Å²) in [7, 11) is 4.08. The van der Waals surface area contributed by atoms with E-state index in [-0.39, 0.29) is 0 Å². The van der Waals surface area contributed by atoms with Crippen molar-refractivity contribution in [3.05, 3.63) is 99.8 Å². The van der Waals surface area contributed by atoms with Gasteiger partial charge < -0.3 is 9.32 Å². The Morgan fingerprint density at radius 1 is 0.741 bits per heavy atom. The van der Waals surface area contributed by atoms with Crippen LogP contribution in [0.15, 0.2) is 77.2 Å². The maximum Gasteiger partial charge on any atom is 0.136 e. The lowest BCUT2D eigenvalue weighted by atomic mass is 10.1. The fraction of sp³-hybridized carbons (Fsp3) is 0.0833. The molecule has 0 aliphatic carbocycles. The van der Waals surface area contributed by atoms with Crippen molar-refractivity contribution in [2.24, 2.45) is 0 Å². The molecule has 0 radical (unpaired) electrons. The van der Waals surface area contributed by atoms with Crippen molar-refractivity contribution < 1.29 is 4.42 Å². The third-order valence-electron chi connectivity index (χ3n) is 4.53. The number of anilines is 1. The molecule has 0 aliphatic heterocycles. The number of halogens is 1. The van der Waals surface area contributed by atoms with Gasteiger partial charge in [0.25, 0.3) is 0 Å². The van der Waals surface area contributed by atoms with Crippen molar-refractivity contribution in [2.45, 2.75) is 0 Å². The fourth-order valence-corrected chi connectivity index (χ4v) is 3.32. The Bertz CT molecular complexity index is 1200. The number of rotatable bonds is 3. The lowest BCUT2D eigenvalue weighted by molar-refractivity contribution is 0.508. The minimum Gasteiger partial charge on any atom is -0.456 e. The molecule has 0 atom stereocenters. The highest BCUT2D eigenvalue weighted by Gasteiger charge is 2.03. The predicted octanol–water partition coefficient (Wildman–Crippen LogP) is 4.81. The Kier molecular flexibility index (Phi) is 4.74. The van der Waals surface area contributed by atoms with Crippen molar-refractivity contribution in [3.63, 3.8) is 0 Å². The second-order valence-electron chi connectivity index (χ2n) is 6.71. The van der Waals surface area contributed by atoms with Crippen molar-refractivity contribution >= 4 is 40.2 Å². The summed E-state index contributed by atoms with van der Waals surface area (Å²) in [5.41, 5.74) is 4.99. The molecule has 0 unspecified atom stereocenters. The minimum atomic E-state index is 0.715. The minimum absolute atomic E-state index is 0.715. The summed E-state index contributed by atoms with van der Waals surface area (Å²) in [6, 6.07) is 24.4. The van der Waals surface area contributed by atoms with E-state index in [1.54, 1.807) is 0 Å². The molecule has 4 rings (SSSR count). The Morgan fingerprint density at radius 3 is 1.96 bits per heavy atom. The highest BCUT2D eigenvalue weighted by molar-refractivity contribution is 6.30. The maximum absolute atomic E-state index is 6.23. The summed E-state index contributed by atoms with van der Waals surface area (Å²) in [5, 5.41) is 2.91. The molecule has 3 heteroatoms. The van der Waals surface area contributed by atoms with Crippen LogP contribution in [-0.4, -0.2) is 14.1 Å². The van der Waals surface area contributed by atoms with E-state index in [0.717, 1.165) is 32.7 Å². The topological polar surface area (TPSA) is 16.4 Å². The molecule has 0 saturated heterocycles. The van der Waals surface area contributed by atoms with E-state index >= 15 is 0 Å². The Balaban J connectivity index is 1.87. The number of fused-ring (bicyclic) bond motifs is 1. The van der Waals surface area contributed by atoms with Crippen molar-refractivity contribution in [3.8, 4) is 0 Å². The first-order valence-electron chi connectivity index (χ1n) is 8.84. The molecular formula is C24H20ClNO. The van der Waals surface area contributed by atoms with Crippen LogP contribution in [0.5, 0.6) is 0 Å². The molecule has 4 aromatic rings. The van der Waals surface area contributed by atoms with E-state index < -0.39 is 0 Å². The maximum atomic E-state index is 6.23. The van der Waals surface area contributed by atoms with Crippen LogP contribution in [0.4, 0.5) is 5.69 Å². The first-order valence-corrected chi connectivity index (χ1v) is 9.22. The highest BCUT2D eigenvalue weighted by Crippen LogP contribution is 2.14. The third kappa shape index (κ3) is 3.76. The van der Waals surface area contributed by atoms with E-state index in [2.05, 4.69) is 47.4 Å². The molecule has 2 nitrogen and oxygen atoms in total. The smallest absolute Gasteiger partial charge is 0.136 e. The normalized spacial score (nSPS) is 12.7. The summed E-state index contributed by atoms with van der Waals surface area (Å²) >= 11 is 6.12. The molecule has 0 bridgehead atoms. The Morgan fingerprint density at radius 2 is 1.37 bits per heavy atom. The average molecular weight is 374 g/mol. The van der Waals surface area contributed by atoms with Gasteiger partial charge in [-0.05, 0) is 47.5 Å². The van der Waals surface area contributed by atoms with Gasteiger partial charge in [0.2, 0.25) is 0 Å². The summed E-state index contributed by atoms with van der Waals surface area (Å²) in [6.07, 6.45) is 4.11. The molecular weight excluding hydrogens is 354 g/mol. The van der Waals surface area contributed by atoms with Gasteiger partial charge in [0.1, 0.15) is 10.8 Å². The van der Waals surface area contributed by atoms with Gasteiger partial charge in [-0.1, -0.05) is 60.1 Å². The van der Waals surface area contributed by atoms with Crippen molar-refractivity contribution in [1.29, 1.82) is 0 Å². The molecule has 134 valence electrons. The van der Waals surface area contributed by atoms with Crippen molar-refractivity contribution in [2.75, 3.05) is 19.0 Å². The van der Waals surface area contributed by atoms with E-state index in [9.17, 15) is 0 Å². The number of hydrogen-bond acceptors (Lipinski definition) is 2. The van der Waals surface area contributed by atoms with Gasteiger partial charge in [-0.3, -0.25) is 0 Å². The van der Waals surface area contributed by atoms with Gasteiger partial charge >= 0.3 is 0 Å². The molecule has 27 heavy (non-hydrogen) atoms. The lowest BCUT2D eigenvalue weighted by Gasteiger charge is -2.11. The lowest BCUT2D eigenvalue weighted by Crippen LogP contribution is -2.08. The van der Waals surface area contributed by atoms with Crippen LogP contribution in [0.1, 0.15) is 11.1 Å². The molecule has 1 heterocycles. The number of benzene rings is 3. The van der Waals surface area contributed by atoms with Crippen LogP contribution in [0.2, 0.25) is 5.02 Å². The van der Waals surface area contributed by atoms with Crippen molar-refractivity contribution in [1.82, 2.24) is 0 Å². The summed E-state index contributed by atoms with van der Waals surface area (Å²) in [5.74, 6) is 0. The molecule has 0 fully saturated rings. The zero-order valence-corrected chi connectivity index (χ0v) is 16.1. The van der Waals surface area contributed by atoms with E-state index in [0.29, 0.717) is 5.02 Å². The second kappa shape index (κ2) is 7.34. The predicted molar refractivity (Wildman–Crippen MR) is 115 cm³/mol. The standard InChI is InChI=1S/C24H20ClNO/c1-26(2)20-12-10-17(11-13-20)15-23-21-8-3-4-9-22(21)24(27-23)16-18-6-5-7-19(25)14-18/h3-16H,1-2H3/b23-15-,24-16-. The van der Waals surface area contributed by atoms with E-state index in [1.165, 1.54) is 5.69 Å². The molecule has 0 spiro atoms. The number of nitrogens with zero attached hydrogens (tertiary/aromatic N) is 1. The first kappa shape index (κ1) is 17.4.